The number of nitrogens with one attached hydrogen (secondary N) is 1. The maximum Gasteiger partial charge on any atom is 0.261 e. The summed E-state index contributed by atoms with van der Waals surface area (Å²) in [6, 6.07) is -0.0226. The Kier molecular flexibility index (Phi) is 4.53. The summed E-state index contributed by atoms with van der Waals surface area (Å²) in [7, 11) is -1.96. The van der Waals surface area contributed by atoms with Gasteiger partial charge in [0.25, 0.3) is 10.0 Å². The number of halogens is 1. The molecule has 7 heteroatoms. The first-order chi connectivity index (χ1) is 8.92. The van der Waals surface area contributed by atoms with Gasteiger partial charge in [0.2, 0.25) is 5.03 Å². The summed E-state index contributed by atoms with van der Waals surface area (Å²) in [5, 5.41) is 0.0712. The molecular weight excluding hydrogens is 286 g/mol. The Morgan fingerprint density at radius 1 is 1.37 bits per heavy atom. The van der Waals surface area contributed by atoms with E-state index in [0.717, 1.165) is 19.3 Å². The van der Waals surface area contributed by atoms with Crippen molar-refractivity contribution < 1.29 is 8.42 Å². The topological polar surface area (TPSA) is 64.0 Å². The van der Waals surface area contributed by atoms with Gasteiger partial charge in [-0.05, 0) is 18.8 Å². The van der Waals surface area contributed by atoms with E-state index in [0.29, 0.717) is 5.92 Å². The Balaban J connectivity index is 2.19. The van der Waals surface area contributed by atoms with Gasteiger partial charge in [-0.2, -0.15) is 0 Å². The standard InChI is InChI=1S/C12H20ClN3O2S/c1-9-6-4-3-5-7-10(9)15-19(17,18)12-11(13)16(2)8-14-12/h8-10,15H,3-7H2,1-2H3. The molecule has 1 N–H and O–H groups in total. The van der Waals surface area contributed by atoms with Crippen molar-refractivity contribution in [3.8, 4) is 0 Å². The van der Waals surface area contributed by atoms with Gasteiger partial charge < -0.3 is 4.57 Å². The molecule has 1 aliphatic rings. The number of nitrogens with zero attached hydrogens (tertiary/aromatic N) is 2. The van der Waals surface area contributed by atoms with E-state index >= 15 is 0 Å². The van der Waals surface area contributed by atoms with Gasteiger partial charge in [0.1, 0.15) is 5.15 Å². The van der Waals surface area contributed by atoms with Crippen LogP contribution in [0.2, 0.25) is 5.15 Å². The fourth-order valence-corrected chi connectivity index (χ4v) is 4.31. The van der Waals surface area contributed by atoms with E-state index in [1.54, 1.807) is 7.05 Å². The molecule has 1 aromatic heterocycles. The molecule has 1 saturated carbocycles. The first-order valence-electron chi connectivity index (χ1n) is 6.61. The number of hydrogen-bond donors (Lipinski definition) is 1. The van der Waals surface area contributed by atoms with Gasteiger partial charge >= 0.3 is 0 Å². The van der Waals surface area contributed by atoms with Crippen molar-refractivity contribution in [3.63, 3.8) is 0 Å². The number of imidazole rings is 1. The molecule has 2 atom stereocenters. The van der Waals surface area contributed by atoms with Crippen molar-refractivity contribution in [1.29, 1.82) is 0 Å². The second kappa shape index (κ2) is 5.81. The SMILES string of the molecule is CC1CCCCCC1NS(=O)(=O)c1ncn(C)c1Cl. The molecular formula is C12H20ClN3O2S. The maximum absolute atomic E-state index is 12.3. The van der Waals surface area contributed by atoms with Gasteiger partial charge in [-0.25, -0.2) is 18.1 Å². The summed E-state index contributed by atoms with van der Waals surface area (Å²) >= 11 is 5.96. The first-order valence-corrected chi connectivity index (χ1v) is 8.47. The van der Waals surface area contributed by atoms with Crippen molar-refractivity contribution in [2.45, 2.75) is 50.1 Å². The van der Waals surface area contributed by atoms with Crippen LogP contribution in [0, 0.1) is 5.92 Å². The third-order valence-electron chi connectivity index (χ3n) is 3.76. The van der Waals surface area contributed by atoms with Gasteiger partial charge in [-0.15, -0.1) is 0 Å². The van der Waals surface area contributed by atoms with Crippen molar-refractivity contribution in [2.75, 3.05) is 0 Å². The second-order valence-corrected chi connectivity index (χ2v) is 7.28. The molecule has 2 rings (SSSR count). The van der Waals surface area contributed by atoms with E-state index < -0.39 is 10.0 Å². The lowest BCUT2D eigenvalue weighted by Gasteiger charge is -2.22. The van der Waals surface area contributed by atoms with Crippen molar-refractivity contribution in [3.05, 3.63) is 11.5 Å². The Labute approximate surface area is 119 Å². The minimum atomic E-state index is -3.63. The zero-order chi connectivity index (χ0) is 14.0. The molecule has 5 nitrogen and oxygen atoms in total. The highest BCUT2D eigenvalue weighted by molar-refractivity contribution is 7.89. The average molecular weight is 306 g/mol. The Hall–Kier alpha value is -0.590. The highest BCUT2D eigenvalue weighted by Crippen LogP contribution is 2.25. The summed E-state index contributed by atoms with van der Waals surface area (Å²) in [4.78, 5) is 3.88. The Bertz CT molecular complexity index is 541. The Morgan fingerprint density at radius 3 is 2.68 bits per heavy atom. The predicted octanol–water partition coefficient (Wildman–Crippen LogP) is 2.32. The largest absolute Gasteiger partial charge is 0.324 e. The third-order valence-corrected chi connectivity index (χ3v) is 5.74. The predicted molar refractivity (Wildman–Crippen MR) is 74.6 cm³/mol. The summed E-state index contributed by atoms with van der Waals surface area (Å²) in [5.74, 6) is 0.347. The molecule has 0 radical (unpaired) electrons. The molecule has 0 aliphatic heterocycles. The molecule has 1 aromatic rings. The highest BCUT2D eigenvalue weighted by Gasteiger charge is 2.29. The van der Waals surface area contributed by atoms with Crippen LogP contribution >= 0.6 is 11.6 Å². The van der Waals surface area contributed by atoms with E-state index in [1.165, 1.54) is 23.7 Å². The molecule has 0 saturated heterocycles. The van der Waals surface area contributed by atoms with E-state index in [-0.39, 0.29) is 16.2 Å². The monoisotopic (exact) mass is 305 g/mol. The van der Waals surface area contributed by atoms with Crippen LogP contribution in [0.15, 0.2) is 11.4 Å². The molecule has 0 amide bonds. The smallest absolute Gasteiger partial charge is 0.261 e. The van der Waals surface area contributed by atoms with Crippen LogP contribution in [-0.2, 0) is 17.1 Å². The quantitative estimate of drug-likeness (QED) is 0.872. The van der Waals surface area contributed by atoms with Gasteiger partial charge in [0.05, 0.1) is 6.33 Å². The van der Waals surface area contributed by atoms with Gasteiger partial charge in [0.15, 0.2) is 0 Å². The summed E-state index contributed by atoms with van der Waals surface area (Å²) in [6.45, 7) is 2.10. The molecule has 2 unspecified atom stereocenters. The number of hydrogen-bond acceptors (Lipinski definition) is 3. The van der Waals surface area contributed by atoms with E-state index in [2.05, 4.69) is 16.6 Å². The van der Waals surface area contributed by atoms with E-state index in [9.17, 15) is 8.42 Å². The lowest BCUT2D eigenvalue weighted by atomic mass is 9.98. The zero-order valence-corrected chi connectivity index (χ0v) is 12.8. The number of aromatic nitrogens is 2. The summed E-state index contributed by atoms with van der Waals surface area (Å²) in [5.41, 5.74) is 0. The van der Waals surface area contributed by atoms with Crippen LogP contribution in [0.25, 0.3) is 0 Å². The van der Waals surface area contributed by atoms with Crippen molar-refractivity contribution in [1.82, 2.24) is 14.3 Å². The summed E-state index contributed by atoms with van der Waals surface area (Å²) in [6.07, 6.45) is 6.76. The molecule has 0 bridgehead atoms. The average Bonchev–Trinajstić information content (AvgIpc) is 2.56. The third kappa shape index (κ3) is 3.30. The van der Waals surface area contributed by atoms with Crippen LogP contribution in [0.4, 0.5) is 0 Å². The molecule has 0 aromatic carbocycles. The number of sulfonamides is 1. The molecule has 108 valence electrons. The van der Waals surface area contributed by atoms with E-state index in [4.69, 9.17) is 11.6 Å². The number of rotatable bonds is 3. The molecule has 1 fully saturated rings. The fourth-order valence-electron chi connectivity index (χ4n) is 2.50. The van der Waals surface area contributed by atoms with E-state index in [1.807, 2.05) is 0 Å². The van der Waals surface area contributed by atoms with Crippen LogP contribution in [0.1, 0.15) is 39.0 Å². The van der Waals surface area contributed by atoms with Crippen LogP contribution < -0.4 is 4.72 Å². The van der Waals surface area contributed by atoms with Crippen LogP contribution in [0.5, 0.6) is 0 Å². The van der Waals surface area contributed by atoms with Crippen LogP contribution in [0.3, 0.4) is 0 Å². The highest BCUT2D eigenvalue weighted by atomic mass is 35.5. The van der Waals surface area contributed by atoms with Crippen LogP contribution in [-0.4, -0.2) is 24.0 Å². The second-order valence-electron chi connectivity index (χ2n) is 5.29. The lowest BCUT2D eigenvalue weighted by Crippen LogP contribution is -2.39. The van der Waals surface area contributed by atoms with Crippen molar-refractivity contribution >= 4 is 21.6 Å². The first kappa shape index (κ1) is 14.8. The molecule has 19 heavy (non-hydrogen) atoms. The maximum atomic E-state index is 12.3. The van der Waals surface area contributed by atoms with Crippen molar-refractivity contribution in [2.24, 2.45) is 13.0 Å². The van der Waals surface area contributed by atoms with Gasteiger partial charge in [-0.1, -0.05) is 37.8 Å². The minimum absolute atomic E-state index is 0.0226. The molecule has 0 spiro atoms. The molecule has 1 heterocycles. The zero-order valence-electron chi connectivity index (χ0n) is 11.3. The molecule has 1 aliphatic carbocycles. The lowest BCUT2D eigenvalue weighted by molar-refractivity contribution is 0.399. The number of aryl methyl sites for hydroxylation is 1. The Morgan fingerprint density at radius 2 is 2.05 bits per heavy atom. The summed E-state index contributed by atoms with van der Waals surface area (Å²) < 4.78 is 28.9. The normalized spacial score (nSPS) is 25.2. The van der Waals surface area contributed by atoms with Gasteiger partial charge in [-0.3, -0.25) is 0 Å². The van der Waals surface area contributed by atoms with Gasteiger partial charge in [0, 0.05) is 13.1 Å². The fraction of sp³-hybridized carbons (Fsp3) is 0.750. The minimum Gasteiger partial charge on any atom is -0.324 e.